The molecule has 0 bridgehead atoms. The smallest absolute Gasteiger partial charge is 0.218 e. The van der Waals surface area contributed by atoms with Crippen LogP contribution in [-0.4, -0.2) is 24.6 Å². The quantitative estimate of drug-likeness (QED) is 0.424. The third kappa shape index (κ3) is 6.43. The van der Waals surface area contributed by atoms with E-state index in [2.05, 4.69) is 32.7 Å². The lowest BCUT2D eigenvalue weighted by Crippen LogP contribution is -2.36. The molecule has 0 fully saturated rings. The van der Waals surface area contributed by atoms with Crippen LogP contribution in [0.2, 0.25) is 0 Å². The number of pyridine rings is 1. The molecule has 0 saturated heterocycles. The summed E-state index contributed by atoms with van der Waals surface area (Å²) < 4.78 is 5.52. The van der Waals surface area contributed by atoms with Gasteiger partial charge in [-0.25, -0.2) is 4.98 Å². The Morgan fingerprint density at radius 3 is 2.52 bits per heavy atom. The molecule has 0 atom stereocenters. The minimum atomic E-state index is 0. The molecule has 1 aromatic heterocycles. The highest BCUT2D eigenvalue weighted by Gasteiger charge is 2.05. The van der Waals surface area contributed by atoms with Gasteiger partial charge in [0.05, 0.1) is 6.61 Å². The van der Waals surface area contributed by atoms with Gasteiger partial charge in [0.1, 0.15) is 0 Å². The lowest BCUT2D eigenvalue weighted by Gasteiger charge is -2.13. The first-order valence-corrected chi connectivity index (χ1v) is 7.38. The second-order valence-corrected chi connectivity index (χ2v) is 4.67. The second-order valence-electron chi connectivity index (χ2n) is 4.67. The van der Waals surface area contributed by atoms with Gasteiger partial charge < -0.3 is 15.4 Å². The number of hydrogen-bond donors (Lipinski definition) is 2. The predicted molar refractivity (Wildman–Crippen MR) is 104 cm³/mol. The SMILES string of the molecule is CCOc1ncccc1CNC(=NC)NCc1ccccc1.I. The van der Waals surface area contributed by atoms with Gasteiger partial charge in [-0.2, -0.15) is 0 Å². The van der Waals surface area contributed by atoms with Crippen LogP contribution in [0, 0.1) is 0 Å². The van der Waals surface area contributed by atoms with Crippen LogP contribution < -0.4 is 15.4 Å². The molecule has 2 N–H and O–H groups in total. The first-order valence-electron chi connectivity index (χ1n) is 7.38. The topological polar surface area (TPSA) is 58.5 Å². The van der Waals surface area contributed by atoms with Gasteiger partial charge in [0, 0.05) is 31.9 Å². The van der Waals surface area contributed by atoms with E-state index in [0.717, 1.165) is 18.1 Å². The number of hydrogen-bond acceptors (Lipinski definition) is 3. The molecule has 6 heteroatoms. The molecule has 2 rings (SSSR count). The number of aromatic nitrogens is 1. The van der Waals surface area contributed by atoms with Gasteiger partial charge in [-0.15, -0.1) is 24.0 Å². The normalized spacial score (nSPS) is 10.6. The maximum Gasteiger partial charge on any atom is 0.218 e. The monoisotopic (exact) mass is 426 g/mol. The van der Waals surface area contributed by atoms with Crippen molar-refractivity contribution in [3.8, 4) is 5.88 Å². The number of nitrogens with zero attached hydrogens (tertiary/aromatic N) is 2. The predicted octanol–water partition coefficient (Wildman–Crippen LogP) is 2.96. The summed E-state index contributed by atoms with van der Waals surface area (Å²) >= 11 is 0. The molecule has 0 saturated carbocycles. The Balaban J connectivity index is 0.00000264. The van der Waals surface area contributed by atoms with Crippen LogP contribution in [-0.2, 0) is 13.1 Å². The van der Waals surface area contributed by atoms with Crippen LogP contribution in [0.15, 0.2) is 53.7 Å². The van der Waals surface area contributed by atoms with Crippen LogP contribution in [0.3, 0.4) is 0 Å². The van der Waals surface area contributed by atoms with E-state index in [1.54, 1.807) is 13.2 Å². The molecule has 1 heterocycles. The van der Waals surface area contributed by atoms with Crippen molar-refractivity contribution >= 4 is 29.9 Å². The highest BCUT2D eigenvalue weighted by molar-refractivity contribution is 14.0. The molecule has 0 unspecified atom stereocenters. The minimum Gasteiger partial charge on any atom is -0.478 e. The van der Waals surface area contributed by atoms with Crippen molar-refractivity contribution in [3.63, 3.8) is 0 Å². The van der Waals surface area contributed by atoms with Crippen molar-refractivity contribution in [3.05, 3.63) is 59.8 Å². The molecule has 0 aliphatic carbocycles. The summed E-state index contributed by atoms with van der Waals surface area (Å²) in [4.78, 5) is 8.47. The van der Waals surface area contributed by atoms with E-state index in [1.165, 1.54) is 5.56 Å². The molecule has 0 aliphatic rings. The fourth-order valence-electron chi connectivity index (χ4n) is 2.01. The van der Waals surface area contributed by atoms with Crippen molar-refractivity contribution < 1.29 is 4.74 Å². The Hall–Kier alpha value is -1.83. The minimum absolute atomic E-state index is 0. The summed E-state index contributed by atoms with van der Waals surface area (Å²) in [6.45, 7) is 3.89. The summed E-state index contributed by atoms with van der Waals surface area (Å²) in [5.41, 5.74) is 2.22. The number of ether oxygens (including phenoxy) is 1. The van der Waals surface area contributed by atoms with Gasteiger partial charge in [0.25, 0.3) is 0 Å². The van der Waals surface area contributed by atoms with E-state index in [9.17, 15) is 0 Å². The van der Waals surface area contributed by atoms with Crippen LogP contribution in [0.4, 0.5) is 0 Å². The Morgan fingerprint density at radius 2 is 1.83 bits per heavy atom. The molecular formula is C17H23IN4O. The van der Waals surface area contributed by atoms with Gasteiger partial charge in [-0.1, -0.05) is 36.4 Å². The van der Waals surface area contributed by atoms with E-state index >= 15 is 0 Å². The van der Waals surface area contributed by atoms with E-state index in [4.69, 9.17) is 4.74 Å². The zero-order valence-corrected chi connectivity index (χ0v) is 15.8. The summed E-state index contributed by atoms with van der Waals surface area (Å²) in [7, 11) is 1.76. The highest BCUT2D eigenvalue weighted by atomic mass is 127. The number of halogens is 1. The molecule has 2 aromatic rings. The molecule has 0 aliphatic heterocycles. The molecule has 1 aromatic carbocycles. The largest absolute Gasteiger partial charge is 0.478 e. The fraction of sp³-hybridized carbons (Fsp3) is 0.294. The van der Waals surface area contributed by atoms with Gasteiger partial charge in [0.15, 0.2) is 5.96 Å². The number of aliphatic imine (C=N–C) groups is 1. The first kappa shape index (κ1) is 19.2. The second kappa shape index (κ2) is 10.8. The Kier molecular flexibility index (Phi) is 9.04. The van der Waals surface area contributed by atoms with Gasteiger partial charge >= 0.3 is 0 Å². The van der Waals surface area contributed by atoms with E-state index < -0.39 is 0 Å². The number of nitrogens with one attached hydrogen (secondary N) is 2. The number of benzene rings is 1. The number of guanidine groups is 1. The Labute approximate surface area is 154 Å². The van der Waals surface area contributed by atoms with Gasteiger partial charge in [-0.3, -0.25) is 4.99 Å². The molecule has 5 nitrogen and oxygen atoms in total. The van der Waals surface area contributed by atoms with Crippen LogP contribution in [0.1, 0.15) is 18.1 Å². The average Bonchev–Trinajstić information content (AvgIpc) is 2.57. The lowest BCUT2D eigenvalue weighted by molar-refractivity contribution is 0.322. The number of rotatable bonds is 6. The summed E-state index contributed by atoms with van der Waals surface area (Å²) in [6, 6.07) is 14.1. The highest BCUT2D eigenvalue weighted by Crippen LogP contribution is 2.13. The third-order valence-corrected chi connectivity index (χ3v) is 3.10. The van der Waals surface area contributed by atoms with E-state index in [0.29, 0.717) is 19.0 Å². The third-order valence-electron chi connectivity index (χ3n) is 3.10. The standard InChI is InChI=1S/C17H22N4O.HI/c1-3-22-16-15(10-7-11-19-16)13-21-17(18-2)20-12-14-8-5-4-6-9-14;/h4-11H,3,12-13H2,1-2H3,(H2,18,20,21);1H. The van der Waals surface area contributed by atoms with Crippen molar-refractivity contribution in [1.29, 1.82) is 0 Å². The molecule has 124 valence electrons. The van der Waals surface area contributed by atoms with Crippen molar-refractivity contribution in [1.82, 2.24) is 15.6 Å². The van der Waals surface area contributed by atoms with Crippen LogP contribution >= 0.6 is 24.0 Å². The van der Waals surface area contributed by atoms with Crippen molar-refractivity contribution in [2.24, 2.45) is 4.99 Å². The zero-order valence-electron chi connectivity index (χ0n) is 13.5. The van der Waals surface area contributed by atoms with Crippen LogP contribution in [0.25, 0.3) is 0 Å². The summed E-state index contributed by atoms with van der Waals surface area (Å²) in [5.74, 6) is 1.41. The molecule has 0 spiro atoms. The van der Waals surface area contributed by atoms with E-state index in [-0.39, 0.29) is 24.0 Å². The summed E-state index contributed by atoms with van der Waals surface area (Å²) in [5, 5.41) is 6.56. The fourth-order valence-corrected chi connectivity index (χ4v) is 2.01. The maximum atomic E-state index is 5.52. The molecular weight excluding hydrogens is 403 g/mol. The molecule has 0 amide bonds. The van der Waals surface area contributed by atoms with Gasteiger partial charge in [0.2, 0.25) is 5.88 Å². The maximum absolute atomic E-state index is 5.52. The lowest BCUT2D eigenvalue weighted by atomic mass is 10.2. The average molecular weight is 426 g/mol. The Morgan fingerprint density at radius 1 is 1.09 bits per heavy atom. The van der Waals surface area contributed by atoms with Crippen LogP contribution in [0.5, 0.6) is 5.88 Å². The van der Waals surface area contributed by atoms with Crippen molar-refractivity contribution in [2.75, 3.05) is 13.7 Å². The van der Waals surface area contributed by atoms with E-state index in [1.807, 2.05) is 37.3 Å². The molecule has 0 radical (unpaired) electrons. The van der Waals surface area contributed by atoms with Crippen molar-refractivity contribution in [2.45, 2.75) is 20.0 Å². The zero-order chi connectivity index (χ0) is 15.6. The first-order chi connectivity index (χ1) is 10.8. The molecule has 23 heavy (non-hydrogen) atoms. The van der Waals surface area contributed by atoms with Gasteiger partial charge in [-0.05, 0) is 18.6 Å². The Bertz CT molecular complexity index is 605. The summed E-state index contributed by atoms with van der Waals surface area (Å²) in [6.07, 6.45) is 1.73.